The summed E-state index contributed by atoms with van der Waals surface area (Å²) in [7, 11) is 0. The van der Waals surface area contributed by atoms with Crippen LogP contribution >= 0.6 is 15.9 Å². The van der Waals surface area contributed by atoms with E-state index in [9.17, 15) is 10.2 Å². The largest absolute Gasteiger partial charge is 0.504 e. The maximum Gasteiger partial charge on any atom is 0.157 e. The topological polar surface area (TPSA) is 40.5 Å². The Morgan fingerprint density at radius 1 is 0.941 bits per heavy atom. The smallest absolute Gasteiger partial charge is 0.157 e. The van der Waals surface area contributed by atoms with Crippen LogP contribution in [0.25, 0.3) is 10.6 Å². The van der Waals surface area contributed by atoms with Crippen LogP contribution in [0.1, 0.15) is 11.1 Å². The van der Waals surface area contributed by atoms with Crippen molar-refractivity contribution in [3.05, 3.63) is 59.7 Å². The van der Waals surface area contributed by atoms with E-state index in [1.54, 1.807) is 6.07 Å². The lowest BCUT2D eigenvalue weighted by atomic mass is 10.1. The normalized spacial score (nSPS) is 11.5. The average molecular weight is 291 g/mol. The highest BCUT2D eigenvalue weighted by Crippen LogP contribution is 2.29. The molecule has 2 nitrogen and oxygen atoms in total. The highest BCUT2D eigenvalue weighted by Gasteiger charge is 2.00. The summed E-state index contributed by atoms with van der Waals surface area (Å²) < 4.78 is 0.920. The monoisotopic (exact) mass is 290 g/mol. The first-order chi connectivity index (χ1) is 8.16. The van der Waals surface area contributed by atoms with Gasteiger partial charge in [-0.2, -0.15) is 0 Å². The third kappa shape index (κ3) is 2.88. The Bertz CT molecular complexity index is 547. The van der Waals surface area contributed by atoms with E-state index in [1.165, 1.54) is 12.1 Å². The second-order valence-corrected chi connectivity index (χ2v) is 4.46. The molecule has 0 amide bonds. The molecule has 2 aromatic rings. The third-order valence-electron chi connectivity index (χ3n) is 2.34. The van der Waals surface area contributed by atoms with Crippen LogP contribution in [0, 0.1) is 0 Å². The van der Waals surface area contributed by atoms with Crippen LogP contribution in [0.3, 0.4) is 0 Å². The van der Waals surface area contributed by atoms with Gasteiger partial charge in [0.15, 0.2) is 11.5 Å². The minimum Gasteiger partial charge on any atom is -0.504 e. The number of phenols is 2. The lowest BCUT2D eigenvalue weighted by Crippen LogP contribution is -1.77. The van der Waals surface area contributed by atoms with E-state index in [0.717, 1.165) is 15.6 Å². The molecule has 0 aliphatic heterocycles. The summed E-state index contributed by atoms with van der Waals surface area (Å²) in [5.74, 6) is -0.231. The van der Waals surface area contributed by atoms with Gasteiger partial charge in [-0.3, -0.25) is 0 Å². The van der Waals surface area contributed by atoms with Gasteiger partial charge in [-0.1, -0.05) is 52.3 Å². The number of rotatable bonds is 2. The predicted octanol–water partition coefficient (Wildman–Crippen LogP) is 3.99. The zero-order chi connectivity index (χ0) is 12.3. The van der Waals surface area contributed by atoms with Gasteiger partial charge in [0, 0.05) is 4.48 Å². The molecule has 0 spiro atoms. The Hall–Kier alpha value is -1.74. The van der Waals surface area contributed by atoms with Crippen LogP contribution in [0.2, 0.25) is 0 Å². The number of phenolic OH excluding ortho intramolecular Hbond substituents is 2. The lowest BCUT2D eigenvalue weighted by Gasteiger charge is -2.01. The predicted molar refractivity (Wildman–Crippen MR) is 73.0 cm³/mol. The molecule has 0 bridgehead atoms. The lowest BCUT2D eigenvalue weighted by molar-refractivity contribution is 0.403. The molecule has 0 atom stereocenters. The van der Waals surface area contributed by atoms with Crippen molar-refractivity contribution in [1.82, 2.24) is 0 Å². The van der Waals surface area contributed by atoms with Crippen LogP contribution in [0.5, 0.6) is 11.5 Å². The van der Waals surface area contributed by atoms with Crippen LogP contribution in [-0.2, 0) is 0 Å². The molecule has 0 radical (unpaired) electrons. The number of benzene rings is 2. The number of hydrogen-bond donors (Lipinski definition) is 2. The summed E-state index contributed by atoms with van der Waals surface area (Å²) in [6, 6.07) is 14.6. The average Bonchev–Trinajstić information content (AvgIpc) is 2.35. The quantitative estimate of drug-likeness (QED) is 0.648. The van der Waals surface area contributed by atoms with Crippen LogP contribution in [0.15, 0.2) is 48.5 Å². The summed E-state index contributed by atoms with van der Waals surface area (Å²) in [6.45, 7) is 0. The van der Waals surface area contributed by atoms with Crippen LogP contribution in [-0.4, -0.2) is 10.2 Å². The van der Waals surface area contributed by atoms with Gasteiger partial charge >= 0.3 is 0 Å². The van der Waals surface area contributed by atoms with E-state index < -0.39 is 0 Å². The fraction of sp³-hybridized carbons (Fsp3) is 0. The van der Waals surface area contributed by atoms with E-state index >= 15 is 0 Å². The van der Waals surface area contributed by atoms with Crippen molar-refractivity contribution < 1.29 is 10.2 Å². The van der Waals surface area contributed by atoms with Gasteiger partial charge in [0.05, 0.1) is 0 Å². The van der Waals surface area contributed by atoms with Gasteiger partial charge in [0.25, 0.3) is 0 Å². The first kappa shape index (κ1) is 11.7. The molecule has 0 unspecified atom stereocenters. The molecule has 86 valence electrons. The van der Waals surface area contributed by atoms with E-state index in [-0.39, 0.29) is 11.5 Å². The molecule has 17 heavy (non-hydrogen) atoms. The maximum absolute atomic E-state index is 9.39. The van der Waals surface area contributed by atoms with Crippen LogP contribution in [0.4, 0.5) is 0 Å². The molecule has 0 aromatic heterocycles. The SMILES string of the molecule is Oc1ccc(C=C(Br)c2ccccc2)cc1O. The molecule has 0 fully saturated rings. The van der Waals surface area contributed by atoms with Crippen molar-refractivity contribution in [1.29, 1.82) is 0 Å². The summed E-state index contributed by atoms with van der Waals surface area (Å²) in [5.41, 5.74) is 1.87. The minimum absolute atomic E-state index is 0.113. The molecule has 2 aromatic carbocycles. The summed E-state index contributed by atoms with van der Waals surface area (Å²) in [5, 5.41) is 18.6. The number of aromatic hydroxyl groups is 2. The molecular weight excluding hydrogens is 280 g/mol. The molecular formula is C14H11BrO2. The Morgan fingerprint density at radius 2 is 1.65 bits per heavy atom. The molecule has 0 saturated heterocycles. The second kappa shape index (κ2) is 5.06. The maximum atomic E-state index is 9.39. The van der Waals surface area contributed by atoms with Gasteiger partial charge in [0.1, 0.15) is 0 Å². The molecule has 3 heteroatoms. The van der Waals surface area contributed by atoms with E-state index in [4.69, 9.17) is 0 Å². The molecule has 2 rings (SSSR count). The van der Waals surface area contributed by atoms with Crippen molar-refractivity contribution in [2.75, 3.05) is 0 Å². The van der Waals surface area contributed by atoms with Gasteiger partial charge < -0.3 is 10.2 Å². The van der Waals surface area contributed by atoms with Crippen molar-refractivity contribution in [3.63, 3.8) is 0 Å². The molecule has 0 aliphatic rings. The van der Waals surface area contributed by atoms with Gasteiger partial charge in [-0.05, 0) is 29.3 Å². The molecule has 2 N–H and O–H groups in total. The Balaban J connectivity index is 2.33. The first-order valence-corrected chi connectivity index (χ1v) is 5.91. The van der Waals surface area contributed by atoms with Crippen molar-refractivity contribution in [2.45, 2.75) is 0 Å². The van der Waals surface area contributed by atoms with Gasteiger partial charge in [-0.15, -0.1) is 0 Å². The number of halogens is 1. The highest BCUT2D eigenvalue weighted by atomic mass is 79.9. The van der Waals surface area contributed by atoms with Gasteiger partial charge in [0.2, 0.25) is 0 Å². The number of hydrogen-bond acceptors (Lipinski definition) is 2. The van der Waals surface area contributed by atoms with Crippen LogP contribution < -0.4 is 0 Å². The summed E-state index contributed by atoms with van der Waals surface area (Å²) in [6.07, 6.45) is 1.88. The summed E-state index contributed by atoms with van der Waals surface area (Å²) >= 11 is 3.48. The highest BCUT2D eigenvalue weighted by molar-refractivity contribution is 9.15. The second-order valence-electron chi connectivity index (χ2n) is 3.61. The fourth-order valence-electron chi connectivity index (χ4n) is 1.46. The Morgan fingerprint density at radius 3 is 2.29 bits per heavy atom. The molecule has 0 heterocycles. The van der Waals surface area contributed by atoms with Crippen molar-refractivity contribution >= 4 is 26.5 Å². The van der Waals surface area contributed by atoms with Crippen molar-refractivity contribution in [2.24, 2.45) is 0 Å². The summed E-state index contributed by atoms with van der Waals surface area (Å²) in [4.78, 5) is 0. The Labute approximate surface area is 108 Å². The van der Waals surface area contributed by atoms with E-state index in [1.807, 2.05) is 36.4 Å². The van der Waals surface area contributed by atoms with E-state index in [2.05, 4.69) is 15.9 Å². The van der Waals surface area contributed by atoms with Crippen molar-refractivity contribution in [3.8, 4) is 11.5 Å². The zero-order valence-electron chi connectivity index (χ0n) is 8.97. The Kier molecular flexibility index (Phi) is 3.49. The minimum atomic E-state index is -0.118. The third-order valence-corrected chi connectivity index (χ3v) is 3.03. The fourth-order valence-corrected chi connectivity index (χ4v) is 1.99. The molecule has 0 aliphatic carbocycles. The van der Waals surface area contributed by atoms with E-state index in [0.29, 0.717) is 0 Å². The standard InChI is InChI=1S/C14H11BrO2/c15-12(11-4-2-1-3-5-11)8-10-6-7-13(16)14(17)9-10/h1-9,16-17H. The molecule has 0 saturated carbocycles. The zero-order valence-corrected chi connectivity index (χ0v) is 10.6. The first-order valence-electron chi connectivity index (χ1n) is 5.11. The van der Waals surface area contributed by atoms with Gasteiger partial charge in [-0.25, -0.2) is 0 Å².